The van der Waals surface area contributed by atoms with Crippen LogP contribution in [-0.4, -0.2) is 49.9 Å². The third-order valence-corrected chi connectivity index (χ3v) is 8.13. The molecule has 9 heteroatoms. The van der Waals surface area contributed by atoms with Crippen LogP contribution in [0.25, 0.3) is 0 Å². The first-order valence-electron chi connectivity index (χ1n) is 8.42. The van der Waals surface area contributed by atoms with Gasteiger partial charge in [-0.25, -0.2) is 0 Å². The maximum atomic E-state index is 12.4. The highest BCUT2D eigenvalue weighted by atomic mass is 127. The van der Waals surface area contributed by atoms with Crippen molar-refractivity contribution < 1.29 is 31.7 Å². The van der Waals surface area contributed by atoms with Gasteiger partial charge in [0.1, 0.15) is 18.8 Å². The van der Waals surface area contributed by atoms with Crippen molar-refractivity contribution in [3.05, 3.63) is 0 Å². The van der Waals surface area contributed by atoms with Crippen LogP contribution in [0.2, 0.25) is 0 Å². The van der Waals surface area contributed by atoms with Gasteiger partial charge >= 0.3 is 11.9 Å². The minimum absolute atomic E-state index is 0.0957. The first-order chi connectivity index (χ1) is 11.6. The summed E-state index contributed by atoms with van der Waals surface area (Å²) in [6.07, 6.45) is 1.53. The van der Waals surface area contributed by atoms with Crippen molar-refractivity contribution in [2.24, 2.45) is 29.1 Å². The molecule has 0 radical (unpaired) electrons. The molecule has 0 aromatic carbocycles. The Bertz CT molecular complexity index is 678. The minimum Gasteiger partial charge on any atom is -0.461 e. The van der Waals surface area contributed by atoms with Crippen LogP contribution in [0.5, 0.6) is 0 Å². The lowest BCUT2D eigenvalue weighted by atomic mass is 9.55. The Balaban J connectivity index is 1.96. The van der Waals surface area contributed by atoms with Crippen LogP contribution < -0.4 is 0 Å². The molecule has 0 spiro atoms. The summed E-state index contributed by atoms with van der Waals surface area (Å²) in [6.45, 7) is 3.48. The normalized spacial score (nSPS) is 43.8. The van der Waals surface area contributed by atoms with Crippen LogP contribution in [0.1, 0.15) is 26.7 Å². The lowest BCUT2D eigenvalue weighted by molar-refractivity contribution is -0.209. The van der Waals surface area contributed by atoms with E-state index in [0.29, 0.717) is 4.43 Å². The quantitative estimate of drug-likeness (QED) is 0.258. The van der Waals surface area contributed by atoms with Crippen molar-refractivity contribution in [1.29, 1.82) is 0 Å². The van der Waals surface area contributed by atoms with Gasteiger partial charge in [0, 0.05) is 21.7 Å². The van der Waals surface area contributed by atoms with E-state index < -0.39 is 27.6 Å². The molecule has 25 heavy (non-hydrogen) atoms. The molecule has 3 fully saturated rings. The average molecular weight is 486 g/mol. The summed E-state index contributed by atoms with van der Waals surface area (Å²) in [5.41, 5.74) is -0.454. The molecule has 142 valence electrons. The predicted molar refractivity (Wildman–Crippen MR) is 96.4 cm³/mol. The van der Waals surface area contributed by atoms with Crippen LogP contribution in [0.4, 0.5) is 0 Å². The Morgan fingerprint density at radius 2 is 1.84 bits per heavy atom. The molecular formula is C16H23IO7S. The van der Waals surface area contributed by atoms with Gasteiger partial charge in [0.2, 0.25) is 0 Å². The van der Waals surface area contributed by atoms with Crippen molar-refractivity contribution in [3.8, 4) is 0 Å². The molecule has 3 rings (SSSR count). The second-order valence-electron chi connectivity index (χ2n) is 7.49. The molecule has 0 unspecified atom stereocenters. The SMILES string of the molecule is C[C@@H]1C(=O)O[C@H]2[C@H]1CC[C@]1(CI)[C@@H]2[C@H](C)C(=O)O[C@H]1COS(C)(=O)=O. The number of ether oxygens (including phenoxy) is 2. The molecular weight excluding hydrogens is 463 g/mol. The van der Waals surface area contributed by atoms with E-state index in [4.69, 9.17) is 13.7 Å². The molecule has 0 aromatic rings. The lowest BCUT2D eigenvalue weighted by Gasteiger charge is -2.55. The van der Waals surface area contributed by atoms with Crippen LogP contribution >= 0.6 is 22.6 Å². The van der Waals surface area contributed by atoms with E-state index in [1.807, 2.05) is 6.92 Å². The molecule has 7 atom stereocenters. The first kappa shape index (κ1) is 19.3. The second-order valence-corrected chi connectivity index (χ2v) is 9.89. The van der Waals surface area contributed by atoms with Gasteiger partial charge in [0.25, 0.3) is 10.1 Å². The summed E-state index contributed by atoms with van der Waals surface area (Å²) in [6, 6.07) is 0. The highest BCUT2D eigenvalue weighted by Gasteiger charge is 2.64. The van der Waals surface area contributed by atoms with Crippen molar-refractivity contribution >= 4 is 44.6 Å². The Labute approximate surface area is 161 Å². The maximum absolute atomic E-state index is 12.4. The fourth-order valence-electron chi connectivity index (χ4n) is 4.77. The molecule has 3 aliphatic rings. The number of alkyl halides is 1. The van der Waals surface area contributed by atoms with Crippen LogP contribution in [0.15, 0.2) is 0 Å². The number of esters is 2. The topological polar surface area (TPSA) is 96.0 Å². The molecule has 0 N–H and O–H groups in total. The molecule has 7 nitrogen and oxygen atoms in total. The van der Waals surface area contributed by atoms with Crippen LogP contribution in [0, 0.1) is 29.1 Å². The summed E-state index contributed by atoms with van der Waals surface area (Å²) in [5.74, 6) is -1.27. The predicted octanol–water partition coefficient (Wildman–Crippen LogP) is 1.53. The van der Waals surface area contributed by atoms with Gasteiger partial charge in [-0.1, -0.05) is 36.4 Å². The number of rotatable bonds is 4. The Kier molecular flexibility index (Phi) is 5.13. The molecule has 2 heterocycles. The summed E-state index contributed by atoms with van der Waals surface area (Å²) in [4.78, 5) is 24.5. The number of hydrogen-bond acceptors (Lipinski definition) is 7. The average Bonchev–Trinajstić information content (AvgIpc) is 2.82. The molecule has 2 aliphatic heterocycles. The number of cyclic esters (lactones) is 1. The number of carbonyl (C=O) groups is 2. The number of carbonyl (C=O) groups excluding carboxylic acids is 2. The summed E-state index contributed by atoms with van der Waals surface area (Å²) >= 11 is 2.25. The van der Waals surface area contributed by atoms with Gasteiger partial charge in [-0.15, -0.1) is 0 Å². The molecule has 2 saturated heterocycles. The fraction of sp³-hybridized carbons (Fsp3) is 0.875. The Hall–Kier alpha value is -0.420. The zero-order valence-electron chi connectivity index (χ0n) is 14.4. The molecule has 0 amide bonds. The zero-order chi connectivity index (χ0) is 18.6. The summed E-state index contributed by atoms with van der Waals surface area (Å²) in [7, 11) is -3.64. The fourth-order valence-corrected chi connectivity index (χ4v) is 6.52. The first-order valence-corrected chi connectivity index (χ1v) is 11.8. The van der Waals surface area contributed by atoms with Gasteiger partial charge in [-0.3, -0.25) is 13.8 Å². The Morgan fingerprint density at radius 1 is 1.20 bits per heavy atom. The third-order valence-electron chi connectivity index (χ3n) is 6.14. The standard InChI is InChI=1S/C16H23IO7S/c1-8-10-4-5-16(7-17)11(6-22-25(3,20)21)23-15(19)9(2)12(16)13(10)24-14(8)18/h8-13H,4-7H2,1-3H3/t8-,9-,10-,11-,12+,13-,16+/m0/s1. The lowest BCUT2D eigenvalue weighted by Crippen LogP contribution is -2.62. The molecule has 1 aliphatic carbocycles. The summed E-state index contributed by atoms with van der Waals surface area (Å²) < 4.78 is 39.7. The van der Waals surface area contributed by atoms with Crippen LogP contribution in [-0.2, 0) is 33.4 Å². The van der Waals surface area contributed by atoms with Crippen LogP contribution in [0.3, 0.4) is 0 Å². The molecule has 1 saturated carbocycles. The van der Waals surface area contributed by atoms with Gasteiger partial charge in [-0.05, 0) is 12.8 Å². The highest BCUT2D eigenvalue weighted by Crippen LogP contribution is 2.58. The van der Waals surface area contributed by atoms with Gasteiger partial charge < -0.3 is 9.47 Å². The minimum atomic E-state index is -3.64. The smallest absolute Gasteiger partial charge is 0.309 e. The monoisotopic (exact) mass is 486 g/mol. The number of hydrogen-bond donors (Lipinski definition) is 0. The second kappa shape index (κ2) is 6.63. The Morgan fingerprint density at radius 3 is 2.44 bits per heavy atom. The van der Waals surface area contributed by atoms with Crippen molar-refractivity contribution in [3.63, 3.8) is 0 Å². The van der Waals surface area contributed by atoms with E-state index in [9.17, 15) is 18.0 Å². The third kappa shape index (κ3) is 3.20. The number of fused-ring (bicyclic) bond motifs is 3. The van der Waals surface area contributed by atoms with Crippen molar-refractivity contribution in [2.45, 2.75) is 38.9 Å². The van der Waals surface area contributed by atoms with E-state index in [-0.39, 0.29) is 42.4 Å². The summed E-state index contributed by atoms with van der Waals surface area (Å²) in [5, 5.41) is 0. The zero-order valence-corrected chi connectivity index (χ0v) is 17.4. The van der Waals surface area contributed by atoms with E-state index in [1.165, 1.54) is 0 Å². The van der Waals surface area contributed by atoms with Gasteiger partial charge in [-0.2, -0.15) is 8.42 Å². The molecule has 0 aromatic heterocycles. The van der Waals surface area contributed by atoms with E-state index in [1.54, 1.807) is 6.92 Å². The largest absolute Gasteiger partial charge is 0.461 e. The van der Waals surface area contributed by atoms with E-state index in [2.05, 4.69) is 22.6 Å². The number of halogens is 1. The highest BCUT2D eigenvalue weighted by molar-refractivity contribution is 14.1. The van der Waals surface area contributed by atoms with E-state index in [0.717, 1.165) is 19.1 Å². The maximum Gasteiger partial charge on any atom is 0.309 e. The van der Waals surface area contributed by atoms with Crippen molar-refractivity contribution in [1.82, 2.24) is 0 Å². The van der Waals surface area contributed by atoms with Gasteiger partial charge in [0.15, 0.2) is 0 Å². The van der Waals surface area contributed by atoms with E-state index >= 15 is 0 Å². The molecule has 0 bridgehead atoms. The van der Waals surface area contributed by atoms with Gasteiger partial charge in [0.05, 0.1) is 18.1 Å². The van der Waals surface area contributed by atoms with Crippen molar-refractivity contribution in [2.75, 3.05) is 17.3 Å².